The van der Waals surface area contributed by atoms with Crippen LogP contribution in [0.1, 0.15) is 19.3 Å². The molecule has 1 aliphatic carbocycles. The zero-order valence-electron chi connectivity index (χ0n) is 11.6. The van der Waals surface area contributed by atoms with Gasteiger partial charge < -0.3 is 10.4 Å². The van der Waals surface area contributed by atoms with Crippen LogP contribution in [-0.2, 0) is 14.6 Å². The standard InChI is InChI=1S/C15H19NO4S/c17-13-7-6-12(10-13)11-16-15(18)8-9-21(19,20)14-4-2-1-3-5-14/h1-5,8-9,12-13,17H,6-7,10-11H2,(H,16,18)/b9-8+. The number of sulfone groups is 1. The average Bonchev–Trinajstić information content (AvgIpc) is 2.90. The normalized spacial score (nSPS) is 22.5. The van der Waals surface area contributed by atoms with Crippen LogP contribution >= 0.6 is 0 Å². The summed E-state index contributed by atoms with van der Waals surface area (Å²) >= 11 is 0. The number of hydrogen-bond acceptors (Lipinski definition) is 4. The summed E-state index contributed by atoms with van der Waals surface area (Å²) in [4.78, 5) is 11.8. The van der Waals surface area contributed by atoms with Gasteiger partial charge in [-0.05, 0) is 37.3 Å². The first-order chi connectivity index (χ1) is 9.97. The van der Waals surface area contributed by atoms with Crippen LogP contribution in [0.15, 0.2) is 46.7 Å². The number of carbonyl (C=O) groups excluding carboxylic acids is 1. The van der Waals surface area contributed by atoms with Gasteiger partial charge in [0.05, 0.1) is 11.0 Å². The summed E-state index contributed by atoms with van der Waals surface area (Å²) < 4.78 is 23.9. The Morgan fingerprint density at radius 1 is 1.29 bits per heavy atom. The van der Waals surface area contributed by atoms with Crippen molar-refractivity contribution in [2.45, 2.75) is 30.3 Å². The van der Waals surface area contributed by atoms with E-state index in [1.54, 1.807) is 18.2 Å². The molecule has 1 aromatic rings. The van der Waals surface area contributed by atoms with Crippen molar-refractivity contribution >= 4 is 15.7 Å². The van der Waals surface area contributed by atoms with E-state index in [2.05, 4.69) is 5.32 Å². The first kappa shape index (κ1) is 15.7. The molecular formula is C15H19NO4S. The summed E-state index contributed by atoms with van der Waals surface area (Å²) in [6.45, 7) is 0.464. The number of carbonyl (C=O) groups is 1. The second kappa shape index (κ2) is 6.87. The van der Waals surface area contributed by atoms with Gasteiger partial charge in [0.15, 0.2) is 9.84 Å². The molecule has 0 bridgehead atoms. The van der Waals surface area contributed by atoms with Crippen molar-refractivity contribution in [2.24, 2.45) is 5.92 Å². The summed E-state index contributed by atoms with van der Waals surface area (Å²) in [5, 5.41) is 13.0. The van der Waals surface area contributed by atoms with Crippen molar-refractivity contribution < 1.29 is 18.3 Å². The van der Waals surface area contributed by atoms with Gasteiger partial charge >= 0.3 is 0 Å². The maximum absolute atomic E-state index is 11.9. The minimum atomic E-state index is -3.58. The number of amides is 1. The van der Waals surface area contributed by atoms with E-state index in [1.807, 2.05) is 0 Å². The molecule has 2 unspecified atom stereocenters. The summed E-state index contributed by atoms with van der Waals surface area (Å²) in [5.74, 6) is -0.168. The fraction of sp³-hybridized carbons (Fsp3) is 0.400. The van der Waals surface area contributed by atoms with Crippen LogP contribution in [0.2, 0.25) is 0 Å². The predicted octanol–water partition coefficient (Wildman–Crippen LogP) is 1.25. The minimum absolute atomic E-state index is 0.160. The number of hydrogen-bond donors (Lipinski definition) is 2. The van der Waals surface area contributed by atoms with Gasteiger partial charge in [-0.3, -0.25) is 4.79 Å². The summed E-state index contributed by atoms with van der Waals surface area (Å²) in [5.41, 5.74) is 0. The second-order valence-electron chi connectivity index (χ2n) is 5.24. The van der Waals surface area contributed by atoms with Gasteiger partial charge in [-0.2, -0.15) is 0 Å². The molecule has 0 heterocycles. The van der Waals surface area contributed by atoms with Crippen LogP contribution in [0, 0.1) is 5.92 Å². The molecule has 1 saturated carbocycles. The SMILES string of the molecule is O=C(/C=C/S(=O)(=O)c1ccccc1)NCC1CCC(O)C1. The van der Waals surface area contributed by atoms with Gasteiger partial charge in [0.1, 0.15) is 0 Å². The fourth-order valence-electron chi connectivity index (χ4n) is 2.38. The van der Waals surface area contributed by atoms with Crippen LogP contribution in [0.25, 0.3) is 0 Å². The van der Waals surface area contributed by atoms with Crippen molar-refractivity contribution in [3.8, 4) is 0 Å². The van der Waals surface area contributed by atoms with Crippen molar-refractivity contribution in [3.05, 3.63) is 41.8 Å². The lowest BCUT2D eigenvalue weighted by Crippen LogP contribution is -2.27. The Morgan fingerprint density at radius 3 is 2.62 bits per heavy atom. The van der Waals surface area contributed by atoms with Gasteiger partial charge in [0.2, 0.25) is 5.91 Å². The Bertz CT molecular complexity index is 610. The third-order valence-electron chi connectivity index (χ3n) is 3.55. The van der Waals surface area contributed by atoms with Gasteiger partial charge in [0, 0.05) is 18.0 Å². The first-order valence-electron chi connectivity index (χ1n) is 6.91. The fourth-order valence-corrected chi connectivity index (χ4v) is 3.37. The van der Waals surface area contributed by atoms with E-state index >= 15 is 0 Å². The molecule has 2 N–H and O–H groups in total. The number of rotatable bonds is 5. The molecule has 1 aromatic carbocycles. The number of benzene rings is 1. The molecule has 5 nitrogen and oxygen atoms in total. The molecule has 0 aliphatic heterocycles. The lowest BCUT2D eigenvalue weighted by molar-refractivity contribution is -0.116. The summed E-state index contributed by atoms with van der Waals surface area (Å²) in [7, 11) is -3.58. The highest BCUT2D eigenvalue weighted by Crippen LogP contribution is 2.24. The third kappa shape index (κ3) is 4.68. The Hall–Kier alpha value is -1.66. The number of aliphatic hydroxyl groups is 1. The van der Waals surface area contributed by atoms with E-state index < -0.39 is 15.7 Å². The lowest BCUT2D eigenvalue weighted by Gasteiger charge is -2.09. The highest BCUT2D eigenvalue weighted by Gasteiger charge is 2.22. The van der Waals surface area contributed by atoms with Crippen LogP contribution in [0.4, 0.5) is 0 Å². The van der Waals surface area contributed by atoms with E-state index in [-0.39, 0.29) is 16.9 Å². The Kier molecular flexibility index (Phi) is 5.14. The summed E-state index contributed by atoms with van der Waals surface area (Å²) in [6, 6.07) is 7.96. The van der Waals surface area contributed by atoms with E-state index in [4.69, 9.17) is 0 Å². The minimum Gasteiger partial charge on any atom is -0.393 e. The maximum Gasteiger partial charge on any atom is 0.244 e. The largest absolute Gasteiger partial charge is 0.393 e. The van der Waals surface area contributed by atoms with Crippen molar-refractivity contribution in [3.63, 3.8) is 0 Å². The Balaban J connectivity index is 1.87. The molecular weight excluding hydrogens is 290 g/mol. The number of nitrogens with one attached hydrogen (secondary N) is 1. The zero-order valence-corrected chi connectivity index (χ0v) is 12.4. The second-order valence-corrected chi connectivity index (χ2v) is 7.07. The number of aliphatic hydroxyl groups excluding tert-OH is 1. The monoisotopic (exact) mass is 309 g/mol. The highest BCUT2D eigenvalue weighted by molar-refractivity contribution is 7.94. The summed E-state index contributed by atoms with van der Waals surface area (Å²) in [6.07, 6.45) is 3.09. The maximum atomic E-state index is 11.9. The molecule has 0 spiro atoms. The quantitative estimate of drug-likeness (QED) is 0.802. The molecule has 0 saturated heterocycles. The third-order valence-corrected chi connectivity index (χ3v) is 4.97. The molecule has 21 heavy (non-hydrogen) atoms. The predicted molar refractivity (Wildman–Crippen MR) is 79.1 cm³/mol. The highest BCUT2D eigenvalue weighted by atomic mass is 32.2. The smallest absolute Gasteiger partial charge is 0.244 e. The zero-order chi connectivity index (χ0) is 15.3. The van der Waals surface area contributed by atoms with E-state index in [0.717, 1.165) is 24.3 Å². The molecule has 114 valence electrons. The van der Waals surface area contributed by atoms with Gasteiger partial charge in [-0.25, -0.2) is 8.42 Å². The van der Waals surface area contributed by atoms with Gasteiger partial charge in [-0.15, -0.1) is 0 Å². The van der Waals surface area contributed by atoms with Gasteiger partial charge in [-0.1, -0.05) is 18.2 Å². The molecule has 2 atom stereocenters. The lowest BCUT2D eigenvalue weighted by atomic mass is 10.1. The molecule has 0 radical (unpaired) electrons. The van der Waals surface area contributed by atoms with Crippen LogP contribution < -0.4 is 5.32 Å². The van der Waals surface area contributed by atoms with Crippen molar-refractivity contribution in [2.75, 3.05) is 6.54 Å². The van der Waals surface area contributed by atoms with Crippen molar-refractivity contribution in [1.29, 1.82) is 0 Å². The van der Waals surface area contributed by atoms with Crippen LogP contribution in [0.3, 0.4) is 0 Å². The van der Waals surface area contributed by atoms with Crippen LogP contribution in [-0.4, -0.2) is 32.1 Å². The van der Waals surface area contributed by atoms with Gasteiger partial charge in [0.25, 0.3) is 0 Å². The average molecular weight is 309 g/mol. The topological polar surface area (TPSA) is 83.5 Å². The van der Waals surface area contributed by atoms with E-state index in [0.29, 0.717) is 13.0 Å². The molecule has 2 rings (SSSR count). The first-order valence-corrected chi connectivity index (χ1v) is 8.46. The molecule has 1 fully saturated rings. The van der Waals surface area contributed by atoms with Crippen LogP contribution in [0.5, 0.6) is 0 Å². The Labute approximate surface area is 124 Å². The molecule has 6 heteroatoms. The molecule has 0 aromatic heterocycles. The van der Waals surface area contributed by atoms with E-state index in [1.165, 1.54) is 12.1 Å². The molecule has 1 aliphatic rings. The Morgan fingerprint density at radius 2 is 2.00 bits per heavy atom. The molecule has 1 amide bonds. The van der Waals surface area contributed by atoms with Crippen molar-refractivity contribution in [1.82, 2.24) is 5.32 Å². The van der Waals surface area contributed by atoms with E-state index in [9.17, 15) is 18.3 Å².